The van der Waals surface area contributed by atoms with Crippen LogP contribution >= 0.6 is 11.3 Å². The van der Waals surface area contributed by atoms with Crippen LogP contribution in [0, 0.1) is 0 Å². The smallest absolute Gasteiger partial charge is 0.157 e. The fourth-order valence-electron chi connectivity index (χ4n) is 2.79. The van der Waals surface area contributed by atoms with Crippen LogP contribution in [0.25, 0.3) is 11.8 Å². The summed E-state index contributed by atoms with van der Waals surface area (Å²) in [5, 5.41) is 4.31. The van der Waals surface area contributed by atoms with Gasteiger partial charge in [-0.15, -0.1) is 0 Å². The monoisotopic (exact) mass is 270 g/mol. The molecule has 19 heavy (non-hydrogen) atoms. The highest BCUT2D eigenvalue weighted by Crippen LogP contribution is 2.40. The summed E-state index contributed by atoms with van der Waals surface area (Å²) < 4.78 is 6.00. The van der Waals surface area contributed by atoms with E-state index in [0.29, 0.717) is 0 Å². The number of fused-ring (bicyclic) bond motifs is 3. The molecule has 96 valence electrons. The Kier molecular flexibility index (Phi) is 2.64. The highest BCUT2D eigenvalue weighted by atomic mass is 32.1. The van der Waals surface area contributed by atoms with Gasteiger partial charge in [0.15, 0.2) is 6.23 Å². The summed E-state index contributed by atoms with van der Waals surface area (Å²) in [6.07, 6.45) is 7.13. The average Bonchev–Trinajstić information content (AvgIpc) is 3.00. The summed E-state index contributed by atoms with van der Waals surface area (Å²) in [6.45, 7) is 1.88. The number of pyridine rings is 1. The third-order valence-electron chi connectivity index (χ3n) is 3.67. The maximum atomic E-state index is 6.00. The molecule has 4 rings (SSSR count). The van der Waals surface area contributed by atoms with E-state index in [1.54, 1.807) is 11.3 Å². The maximum absolute atomic E-state index is 6.00. The van der Waals surface area contributed by atoms with Crippen molar-refractivity contribution >= 4 is 23.1 Å². The van der Waals surface area contributed by atoms with Gasteiger partial charge in [0.2, 0.25) is 0 Å². The highest BCUT2D eigenvalue weighted by Gasteiger charge is 2.32. The van der Waals surface area contributed by atoms with Gasteiger partial charge in [-0.25, -0.2) is 0 Å². The Morgan fingerprint density at radius 2 is 2.37 bits per heavy atom. The topological polar surface area (TPSA) is 25.4 Å². The normalized spacial score (nSPS) is 21.6. The SMILES string of the molecule is C1=C(c2ccsc2)N2CCCOC2c2ccncc21. The first-order chi connectivity index (χ1) is 9.43. The molecule has 4 heterocycles. The third-order valence-corrected chi connectivity index (χ3v) is 4.36. The first-order valence-electron chi connectivity index (χ1n) is 6.50. The minimum Gasteiger partial charge on any atom is -0.354 e. The molecule has 0 bridgehead atoms. The van der Waals surface area contributed by atoms with Crippen molar-refractivity contribution in [3.63, 3.8) is 0 Å². The minimum atomic E-state index is 0.0478. The van der Waals surface area contributed by atoms with Crippen LogP contribution in [-0.2, 0) is 4.74 Å². The summed E-state index contributed by atoms with van der Waals surface area (Å²) >= 11 is 1.73. The molecule has 0 amide bonds. The Morgan fingerprint density at radius 1 is 1.37 bits per heavy atom. The summed E-state index contributed by atoms with van der Waals surface area (Å²) in [6, 6.07) is 4.24. The Hall–Kier alpha value is -1.65. The van der Waals surface area contributed by atoms with Crippen molar-refractivity contribution in [2.24, 2.45) is 0 Å². The van der Waals surface area contributed by atoms with E-state index in [0.717, 1.165) is 19.6 Å². The predicted molar refractivity (Wildman–Crippen MR) is 76.4 cm³/mol. The zero-order chi connectivity index (χ0) is 12.7. The number of ether oxygens (including phenoxy) is 1. The van der Waals surface area contributed by atoms with E-state index in [9.17, 15) is 0 Å². The van der Waals surface area contributed by atoms with Gasteiger partial charge >= 0.3 is 0 Å². The molecule has 2 aromatic heterocycles. The van der Waals surface area contributed by atoms with Gasteiger partial charge in [0, 0.05) is 46.7 Å². The quantitative estimate of drug-likeness (QED) is 0.794. The molecule has 2 aliphatic rings. The van der Waals surface area contributed by atoms with Gasteiger partial charge in [-0.05, 0) is 30.0 Å². The van der Waals surface area contributed by atoms with Gasteiger partial charge in [-0.2, -0.15) is 11.3 Å². The molecule has 0 aliphatic carbocycles. The lowest BCUT2D eigenvalue weighted by molar-refractivity contribution is -0.0701. The van der Waals surface area contributed by atoms with Crippen molar-refractivity contribution in [3.8, 4) is 0 Å². The van der Waals surface area contributed by atoms with Crippen molar-refractivity contribution in [1.82, 2.24) is 9.88 Å². The van der Waals surface area contributed by atoms with Crippen LogP contribution < -0.4 is 0 Å². The molecule has 0 radical (unpaired) electrons. The van der Waals surface area contributed by atoms with E-state index < -0.39 is 0 Å². The van der Waals surface area contributed by atoms with Crippen LogP contribution in [0.5, 0.6) is 0 Å². The lowest BCUT2D eigenvalue weighted by Crippen LogP contribution is -2.37. The predicted octanol–water partition coefficient (Wildman–Crippen LogP) is 3.38. The van der Waals surface area contributed by atoms with Crippen LogP contribution in [0.4, 0.5) is 0 Å². The molecule has 1 atom stereocenters. The first-order valence-corrected chi connectivity index (χ1v) is 7.44. The summed E-state index contributed by atoms with van der Waals surface area (Å²) in [5.41, 5.74) is 4.93. The molecule has 4 heteroatoms. The van der Waals surface area contributed by atoms with Crippen molar-refractivity contribution in [3.05, 3.63) is 52.0 Å². The van der Waals surface area contributed by atoms with Crippen LogP contribution in [0.15, 0.2) is 35.3 Å². The summed E-state index contributed by atoms with van der Waals surface area (Å²) in [7, 11) is 0. The van der Waals surface area contributed by atoms with E-state index in [4.69, 9.17) is 4.74 Å². The molecular weight excluding hydrogens is 256 g/mol. The van der Waals surface area contributed by atoms with Gasteiger partial charge in [0.25, 0.3) is 0 Å². The number of aromatic nitrogens is 1. The lowest BCUT2D eigenvalue weighted by Gasteiger charge is -2.41. The second kappa shape index (κ2) is 4.47. The summed E-state index contributed by atoms with van der Waals surface area (Å²) in [4.78, 5) is 6.60. The standard InChI is InChI=1S/C15H14N2OS/c1-5-17-14(11-3-7-19-10-11)8-12-9-16-4-2-13(12)15(17)18-6-1/h2-4,7-10,15H,1,5-6H2. The zero-order valence-corrected chi connectivity index (χ0v) is 11.3. The minimum absolute atomic E-state index is 0.0478. The Bertz CT molecular complexity index is 621. The molecule has 2 aromatic rings. The third kappa shape index (κ3) is 1.79. The Labute approximate surface area is 116 Å². The van der Waals surface area contributed by atoms with Crippen LogP contribution in [0.3, 0.4) is 0 Å². The molecule has 1 unspecified atom stereocenters. The molecule has 2 aliphatic heterocycles. The van der Waals surface area contributed by atoms with Crippen LogP contribution in [0.1, 0.15) is 29.3 Å². The second-order valence-corrected chi connectivity index (χ2v) is 5.60. The van der Waals surface area contributed by atoms with Gasteiger partial charge in [-0.3, -0.25) is 4.98 Å². The fraction of sp³-hybridized carbons (Fsp3) is 0.267. The van der Waals surface area contributed by atoms with E-state index in [-0.39, 0.29) is 6.23 Å². The second-order valence-electron chi connectivity index (χ2n) is 4.82. The number of thiophene rings is 1. The van der Waals surface area contributed by atoms with Crippen molar-refractivity contribution in [2.75, 3.05) is 13.2 Å². The summed E-state index contributed by atoms with van der Waals surface area (Å²) in [5.74, 6) is 0. The van der Waals surface area contributed by atoms with E-state index >= 15 is 0 Å². The van der Waals surface area contributed by atoms with Crippen LogP contribution in [-0.4, -0.2) is 23.0 Å². The Morgan fingerprint density at radius 3 is 3.26 bits per heavy atom. The number of hydrogen-bond acceptors (Lipinski definition) is 4. The molecule has 1 fully saturated rings. The number of rotatable bonds is 1. The zero-order valence-electron chi connectivity index (χ0n) is 10.5. The number of nitrogens with zero attached hydrogens (tertiary/aromatic N) is 2. The molecule has 0 N–H and O–H groups in total. The lowest BCUT2D eigenvalue weighted by atomic mass is 9.98. The average molecular weight is 270 g/mol. The van der Waals surface area contributed by atoms with Gasteiger partial charge in [-0.1, -0.05) is 0 Å². The fourth-order valence-corrected chi connectivity index (χ4v) is 3.44. The Balaban J connectivity index is 1.88. The van der Waals surface area contributed by atoms with E-state index in [1.165, 1.54) is 22.4 Å². The van der Waals surface area contributed by atoms with Crippen molar-refractivity contribution < 1.29 is 4.74 Å². The molecular formula is C15H14N2OS. The van der Waals surface area contributed by atoms with E-state index in [1.807, 2.05) is 12.4 Å². The first kappa shape index (κ1) is 11.2. The molecule has 1 saturated heterocycles. The van der Waals surface area contributed by atoms with E-state index in [2.05, 4.69) is 38.9 Å². The molecule has 0 spiro atoms. The largest absolute Gasteiger partial charge is 0.354 e. The molecule has 3 nitrogen and oxygen atoms in total. The van der Waals surface area contributed by atoms with Crippen molar-refractivity contribution in [1.29, 1.82) is 0 Å². The number of hydrogen-bond donors (Lipinski definition) is 0. The van der Waals surface area contributed by atoms with Gasteiger partial charge < -0.3 is 9.64 Å². The highest BCUT2D eigenvalue weighted by molar-refractivity contribution is 7.08. The van der Waals surface area contributed by atoms with Crippen LogP contribution in [0.2, 0.25) is 0 Å². The van der Waals surface area contributed by atoms with Gasteiger partial charge in [0.1, 0.15) is 0 Å². The maximum Gasteiger partial charge on any atom is 0.157 e. The van der Waals surface area contributed by atoms with Crippen molar-refractivity contribution in [2.45, 2.75) is 12.6 Å². The van der Waals surface area contributed by atoms with Gasteiger partial charge in [0.05, 0.1) is 6.61 Å². The molecule has 0 saturated carbocycles. The molecule has 0 aromatic carbocycles.